The lowest BCUT2D eigenvalue weighted by Crippen LogP contribution is -2.33. The summed E-state index contributed by atoms with van der Waals surface area (Å²) in [7, 11) is -3.80. The zero-order valence-electron chi connectivity index (χ0n) is 18.5. The van der Waals surface area contributed by atoms with Crippen molar-refractivity contribution >= 4 is 27.3 Å². The summed E-state index contributed by atoms with van der Waals surface area (Å²) in [4.78, 5) is 22.4. The first-order valence-electron chi connectivity index (χ1n) is 11.1. The number of carbonyl (C=O) groups is 1. The molecule has 0 saturated heterocycles. The Morgan fingerprint density at radius 1 is 0.971 bits per heavy atom. The predicted molar refractivity (Wildman–Crippen MR) is 127 cm³/mol. The molecule has 0 saturated carbocycles. The third-order valence-corrected chi connectivity index (χ3v) is 7.39. The van der Waals surface area contributed by atoms with E-state index in [4.69, 9.17) is 4.74 Å². The number of nitrogens with zero attached hydrogens (tertiary/aromatic N) is 5. The molecule has 6 rings (SSSR count). The van der Waals surface area contributed by atoms with Crippen LogP contribution in [-0.2, 0) is 27.7 Å². The summed E-state index contributed by atoms with van der Waals surface area (Å²) in [6.45, 7) is 0.606. The van der Waals surface area contributed by atoms with E-state index in [1.165, 1.54) is 6.33 Å². The van der Waals surface area contributed by atoms with Crippen LogP contribution in [0.5, 0.6) is 11.6 Å². The highest BCUT2D eigenvalue weighted by molar-refractivity contribution is 7.92. The average Bonchev–Trinajstić information content (AvgIpc) is 3.54. The van der Waals surface area contributed by atoms with Crippen LogP contribution in [0.2, 0.25) is 0 Å². The molecule has 2 aromatic carbocycles. The topological polar surface area (TPSA) is 119 Å². The molecule has 0 radical (unpaired) electrons. The van der Waals surface area contributed by atoms with Gasteiger partial charge in [0, 0.05) is 37.1 Å². The molecule has 0 atom stereocenters. The molecule has 1 N–H and O–H groups in total. The summed E-state index contributed by atoms with van der Waals surface area (Å²) in [6.07, 6.45) is 6.41. The Morgan fingerprint density at radius 3 is 2.54 bits per heavy atom. The summed E-state index contributed by atoms with van der Waals surface area (Å²) < 4.78 is 36.2. The number of sulfonamides is 1. The smallest absolute Gasteiger partial charge is 0.261 e. The van der Waals surface area contributed by atoms with Crippen LogP contribution in [0.1, 0.15) is 17.5 Å². The molecule has 2 aliphatic heterocycles. The van der Waals surface area contributed by atoms with Gasteiger partial charge < -0.3 is 9.64 Å². The number of hydrogen-bond donors (Lipinski definition) is 1. The minimum Gasteiger partial charge on any atom is -0.439 e. The Hall–Kier alpha value is -4.25. The summed E-state index contributed by atoms with van der Waals surface area (Å²) >= 11 is 0. The van der Waals surface area contributed by atoms with Crippen LogP contribution in [-0.4, -0.2) is 40.6 Å². The van der Waals surface area contributed by atoms with Gasteiger partial charge in [0.25, 0.3) is 10.0 Å². The second kappa shape index (κ2) is 8.20. The van der Waals surface area contributed by atoms with Crippen molar-refractivity contribution in [3.8, 4) is 17.4 Å². The number of rotatable bonds is 6. The monoisotopic (exact) mass is 488 g/mol. The first kappa shape index (κ1) is 21.3. The van der Waals surface area contributed by atoms with Gasteiger partial charge in [-0.15, -0.1) is 0 Å². The Kier molecular flexibility index (Phi) is 4.99. The van der Waals surface area contributed by atoms with E-state index in [-0.39, 0.29) is 10.8 Å². The molecule has 1 amide bonds. The molecule has 0 spiro atoms. The highest BCUT2D eigenvalue weighted by atomic mass is 32.2. The van der Waals surface area contributed by atoms with Crippen molar-refractivity contribution in [1.82, 2.24) is 19.7 Å². The molecule has 176 valence electrons. The van der Waals surface area contributed by atoms with E-state index in [9.17, 15) is 13.2 Å². The highest BCUT2D eigenvalue weighted by Gasteiger charge is 2.33. The molecule has 0 unspecified atom stereocenters. The normalized spacial score (nSPS) is 14.6. The Bertz CT molecular complexity index is 1530. The SMILES string of the molecule is O=C1CCc2cc(S(=O)(=O)Nc3ccc(Oc4cc(-n5cccn5)ncn4)cc3)cc3c2N1CC3. The van der Waals surface area contributed by atoms with Crippen molar-refractivity contribution in [3.05, 3.63) is 78.4 Å². The van der Waals surface area contributed by atoms with Gasteiger partial charge in [0.2, 0.25) is 11.8 Å². The zero-order chi connectivity index (χ0) is 24.0. The number of amides is 1. The molecular weight excluding hydrogens is 468 g/mol. The first-order chi connectivity index (χ1) is 17.0. The fraction of sp³-hybridized carbons (Fsp3) is 0.167. The summed E-state index contributed by atoms with van der Waals surface area (Å²) in [6, 6.07) is 13.3. The number of nitrogens with one attached hydrogen (secondary N) is 1. The number of benzene rings is 2. The number of hydrogen-bond acceptors (Lipinski definition) is 7. The van der Waals surface area contributed by atoms with Crippen LogP contribution < -0.4 is 14.4 Å². The van der Waals surface area contributed by atoms with Crippen molar-refractivity contribution in [2.75, 3.05) is 16.2 Å². The molecule has 11 heteroatoms. The van der Waals surface area contributed by atoms with Crippen molar-refractivity contribution in [3.63, 3.8) is 0 Å². The molecule has 2 aromatic heterocycles. The van der Waals surface area contributed by atoms with E-state index in [1.807, 2.05) is 0 Å². The van der Waals surface area contributed by atoms with Crippen LogP contribution in [0, 0.1) is 0 Å². The van der Waals surface area contributed by atoms with E-state index < -0.39 is 10.0 Å². The molecule has 10 nitrogen and oxygen atoms in total. The number of ether oxygens (including phenoxy) is 1. The number of aryl methyl sites for hydroxylation is 1. The van der Waals surface area contributed by atoms with Crippen molar-refractivity contribution < 1.29 is 17.9 Å². The molecule has 4 aromatic rings. The van der Waals surface area contributed by atoms with Crippen molar-refractivity contribution in [2.45, 2.75) is 24.2 Å². The molecule has 4 heterocycles. The van der Waals surface area contributed by atoms with E-state index in [0.29, 0.717) is 48.9 Å². The lowest BCUT2D eigenvalue weighted by Gasteiger charge is -2.25. The first-order valence-corrected chi connectivity index (χ1v) is 12.5. The van der Waals surface area contributed by atoms with Crippen LogP contribution in [0.15, 0.2) is 72.1 Å². The third-order valence-electron chi connectivity index (χ3n) is 6.03. The zero-order valence-corrected chi connectivity index (χ0v) is 19.3. The fourth-order valence-electron chi connectivity index (χ4n) is 4.42. The minimum absolute atomic E-state index is 0.104. The predicted octanol–water partition coefficient (Wildman–Crippen LogP) is 3.09. The lowest BCUT2D eigenvalue weighted by atomic mass is 10.00. The Morgan fingerprint density at radius 2 is 1.77 bits per heavy atom. The number of carbonyl (C=O) groups excluding carboxylic acids is 1. The summed E-state index contributed by atoms with van der Waals surface area (Å²) in [5.41, 5.74) is 3.10. The van der Waals surface area contributed by atoms with Gasteiger partial charge in [0.1, 0.15) is 12.1 Å². The van der Waals surface area contributed by atoms with Gasteiger partial charge >= 0.3 is 0 Å². The van der Waals surface area contributed by atoms with E-state index in [2.05, 4.69) is 19.8 Å². The molecule has 0 bridgehead atoms. The van der Waals surface area contributed by atoms with Crippen LogP contribution in [0.4, 0.5) is 11.4 Å². The van der Waals surface area contributed by atoms with Gasteiger partial charge in [-0.3, -0.25) is 9.52 Å². The minimum atomic E-state index is -3.80. The average molecular weight is 489 g/mol. The van der Waals surface area contributed by atoms with Crippen molar-refractivity contribution in [2.24, 2.45) is 0 Å². The number of anilines is 2. The number of aromatic nitrogens is 4. The maximum atomic E-state index is 13.1. The van der Waals surface area contributed by atoms with Gasteiger partial charge in [-0.1, -0.05) is 0 Å². The summed E-state index contributed by atoms with van der Waals surface area (Å²) in [5, 5.41) is 4.13. The van der Waals surface area contributed by atoms with E-state index >= 15 is 0 Å². The quantitative estimate of drug-likeness (QED) is 0.443. The Balaban J connectivity index is 1.19. The maximum Gasteiger partial charge on any atom is 0.261 e. The lowest BCUT2D eigenvalue weighted by molar-refractivity contribution is -0.118. The highest BCUT2D eigenvalue weighted by Crippen LogP contribution is 2.38. The van der Waals surface area contributed by atoms with Gasteiger partial charge in [0.05, 0.1) is 10.6 Å². The van der Waals surface area contributed by atoms with Crippen LogP contribution in [0.25, 0.3) is 5.82 Å². The fourth-order valence-corrected chi connectivity index (χ4v) is 5.58. The third kappa shape index (κ3) is 3.99. The second-order valence-corrected chi connectivity index (χ2v) is 9.96. The van der Waals surface area contributed by atoms with Crippen LogP contribution >= 0.6 is 0 Å². The standard InChI is InChI=1S/C24H20N6O4S/c31-23-7-2-16-12-20(13-17-8-11-29(23)24(16)17)35(32,33)28-18-3-5-19(6-4-18)34-22-14-21(25-15-26-22)30-10-1-9-27-30/h1,3-6,9-10,12-15,28H,2,7-8,11H2. The molecule has 0 fully saturated rings. The second-order valence-electron chi connectivity index (χ2n) is 8.28. The van der Waals surface area contributed by atoms with Crippen molar-refractivity contribution in [1.29, 1.82) is 0 Å². The van der Waals surface area contributed by atoms with Crippen LogP contribution in [0.3, 0.4) is 0 Å². The van der Waals surface area contributed by atoms with E-state index in [0.717, 1.165) is 16.8 Å². The van der Waals surface area contributed by atoms with Gasteiger partial charge in [-0.2, -0.15) is 5.10 Å². The summed E-state index contributed by atoms with van der Waals surface area (Å²) in [5.74, 6) is 1.49. The molecule has 2 aliphatic rings. The van der Waals surface area contributed by atoms with E-state index in [1.54, 1.807) is 70.5 Å². The van der Waals surface area contributed by atoms with Gasteiger partial charge in [-0.05, 0) is 66.4 Å². The molecular formula is C24H20N6O4S. The van der Waals surface area contributed by atoms with Gasteiger partial charge in [-0.25, -0.2) is 23.1 Å². The maximum absolute atomic E-state index is 13.1. The molecule has 0 aliphatic carbocycles. The Labute approximate surface area is 201 Å². The largest absolute Gasteiger partial charge is 0.439 e. The molecule has 35 heavy (non-hydrogen) atoms. The van der Waals surface area contributed by atoms with Gasteiger partial charge in [0.15, 0.2) is 5.82 Å².